The number of nitrogens with zero attached hydrogens (tertiary/aromatic N) is 3. The predicted octanol–water partition coefficient (Wildman–Crippen LogP) is 2.71. The van der Waals surface area contributed by atoms with Gasteiger partial charge < -0.3 is 15.0 Å². The van der Waals surface area contributed by atoms with Crippen LogP contribution in [0.3, 0.4) is 0 Å². The Kier molecular flexibility index (Phi) is 6.08. The van der Waals surface area contributed by atoms with E-state index in [1.807, 2.05) is 24.3 Å². The summed E-state index contributed by atoms with van der Waals surface area (Å²) in [5.74, 6) is 0.281. The fraction of sp³-hybridized carbons (Fsp3) is 0.357. The number of amides is 1. The molecule has 9 heteroatoms. The highest BCUT2D eigenvalue weighted by atomic mass is 127. The van der Waals surface area contributed by atoms with Gasteiger partial charge in [-0.2, -0.15) is 0 Å². The standard InChI is InChI=1S/C14H15IN4O2S2/c15-10-1-3-11(4-2-10)16-12(20)9-22-14-18-17-13(23-14)19-5-7-21-8-6-19/h1-4H,5-9H2,(H,16,20). The zero-order valence-electron chi connectivity index (χ0n) is 12.2. The van der Waals surface area contributed by atoms with Crippen LogP contribution < -0.4 is 10.2 Å². The van der Waals surface area contributed by atoms with E-state index in [-0.39, 0.29) is 5.91 Å². The van der Waals surface area contributed by atoms with Gasteiger partial charge in [-0.25, -0.2) is 0 Å². The lowest BCUT2D eigenvalue weighted by atomic mass is 10.3. The number of anilines is 2. The summed E-state index contributed by atoms with van der Waals surface area (Å²) < 4.78 is 7.27. The summed E-state index contributed by atoms with van der Waals surface area (Å²) in [7, 11) is 0. The average Bonchev–Trinajstić information content (AvgIpc) is 3.05. The molecule has 1 aliphatic rings. The van der Waals surface area contributed by atoms with Crippen LogP contribution in [-0.2, 0) is 9.53 Å². The van der Waals surface area contributed by atoms with Crippen LogP contribution in [0.2, 0.25) is 0 Å². The second-order valence-corrected chi connectivity index (χ2v) is 8.22. The van der Waals surface area contributed by atoms with Crippen molar-refractivity contribution in [1.29, 1.82) is 0 Å². The molecule has 2 heterocycles. The molecule has 2 aromatic rings. The number of carbonyl (C=O) groups is 1. The van der Waals surface area contributed by atoms with Gasteiger partial charge in [-0.15, -0.1) is 10.2 Å². The molecule has 3 rings (SSSR count). The zero-order chi connectivity index (χ0) is 16.1. The number of hydrogen-bond acceptors (Lipinski definition) is 7. The van der Waals surface area contributed by atoms with E-state index < -0.39 is 0 Å². The van der Waals surface area contributed by atoms with Gasteiger partial charge in [0.2, 0.25) is 11.0 Å². The van der Waals surface area contributed by atoms with Gasteiger partial charge in [0.15, 0.2) is 4.34 Å². The number of morpholine rings is 1. The van der Waals surface area contributed by atoms with Crippen molar-refractivity contribution >= 4 is 62.4 Å². The maximum absolute atomic E-state index is 12.0. The molecule has 0 aliphatic carbocycles. The van der Waals surface area contributed by atoms with E-state index in [1.165, 1.54) is 23.1 Å². The molecule has 1 N–H and O–H groups in total. The second-order valence-electron chi connectivity index (χ2n) is 4.79. The molecule has 0 saturated carbocycles. The number of nitrogens with one attached hydrogen (secondary N) is 1. The van der Waals surface area contributed by atoms with Gasteiger partial charge in [0, 0.05) is 22.3 Å². The highest BCUT2D eigenvalue weighted by Crippen LogP contribution is 2.28. The number of halogens is 1. The Bertz CT molecular complexity index is 659. The van der Waals surface area contributed by atoms with Gasteiger partial charge in [-0.1, -0.05) is 23.1 Å². The van der Waals surface area contributed by atoms with Gasteiger partial charge in [0.05, 0.1) is 19.0 Å². The maximum Gasteiger partial charge on any atom is 0.234 e. The molecule has 1 fully saturated rings. The smallest absolute Gasteiger partial charge is 0.234 e. The Balaban J connectivity index is 1.49. The molecule has 0 atom stereocenters. The minimum Gasteiger partial charge on any atom is -0.378 e. The van der Waals surface area contributed by atoms with Crippen molar-refractivity contribution in [3.8, 4) is 0 Å². The van der Waals surface area contributed by atoms with E-state index in [9.17, 15) is 4.79 Å². The monoisotopic (exact) mass is 462 g/mol. The van der Waals surface area contributed by atoms with Crippen molar-refractivity contribution < 1.29 is 9.53 Å². The topological polar surface area (TPSA) is 67.4 Å². The van der Waals surface area contributed by atoms with Crippen LogP contribution in [0.25, 0.3) is 0 Å². The van der Waals surface area contributed by atoms with Gasteiger partial charge in [-0.3, -0.25) is 4.79 Å². The summed E-state index contributed by atoms with van der Waals surface area (Å²) in [5, 5.41) is 12.1. The van der Waals surface area contributed by atoms with Crippen molar-refractivity contribution in [1.82, 2.24) is 10.2 Å². The molecule has 0 unspecified atom stereocenters. The van der Waals surface area contributed by atoms with Crippen molar-refractivity contribution in [2.75, 3.05) is 42.3 Å². The van der Waals surface area contributed by atoms with Crippen LogP contribution >= 0.6 is 45.7 Å². The first-order valence-electron chi connectivity index (χ1n) is 7.05. The normalized spacial score (nSPS) is 14.7. The summed E-state index contributed by atoms with van der Waals surface area (Å²) in [6, 6.07) is 7.71. The minimum absolute atomic E-state index is 0.0423. The number of carbonyl (C=O) groups excluding carboxylic acids is 1. The number of aromatic nitrogens is 2. The molecule has 0 radical (unpaired) electrons. The first kappa shape index (κ1) is 16.9. The van der Waals surface area contributed by atoms with E-state index in [1.54, 1.807) is 0 Å². The lowest BCUT2D eigenvalue weighted by Gasteiger charge is -2.25. The number of hydrogen-bond donors (Lipinski definition) is 1. The van der Waals surface area contributed by atoms with Crippen LogP contribution in [0.4, 0.5) is 10.8 Å². The van der Waals surface area contributed by atoms with E-state index in [2.05, 4.69) is 43.0 Å². The van der Waals surface area contributed by atoms with Crippen LogP contribution in [-0.4, -0.2) is 48.2 Å². The van der Waals surface area contributed by atoms with Gasteiger partial charge in [0.25, 0.3) is 0 Å². The fourth-order valence-electron chi connectivity index (χ4n) is 2.00. The molecular formula is C14H15IN4O2S2. The Morgan fingerprint density at radius 2 is 2.04 bits per heavy atom. The van der Waals surface area contributed by atoms with E-state index >= 15 is 0 Å². The molecule has 1 aromatic carbocycles. The predicted molar refractivity (Wildman–Crippen MR) is 101 cm³/mol. The number of rotatable bonds is 5. The number of ether oxygens (including phenoxy) is 1. The second kappa shape index (κ2) is 8.27. The highest BCUT2D eigenvalue weighted by Gasteiger charge is 2.16. The highest BCUT2D eigenvalue weighted by molar-refractivity contribution is 14.1. The third kappa shape index (κ3) is 5.03. The van der Waals surface area contributed by atoms with E-state index in [4.69, 9.17) is 4.74 Å². The SMILES string of the molecule is O=C(CSc1nnc(N2CCOCC2)s1)Nc1ccc(I)cc1. The van der Waals surface area contributed by atoms with Gasteiger partial charge in [0.1, 0.15) is 0 Å². The molecule has 122 valence electrons. The Morgan fingerprint density at radius 3 is 2.78 bits per heavy atom. The van der Waals surface area contributed by atoms with Crippen molar-refractivity contribution in [3.63, 3.8) is 0 Å². The molecule has 1 amide bonds. The Morgan fingerprint density at radius 1 is 1.30 bits per heavy atom. The molecule has 1 aliphatic heterocycles. The molecular weight excluding hydrogens is 447 g/mol. The van der Waals surface area contributed by atoms with Crippen LogP contribution in [0.1, 0.15) is 0 Å². The molecule has 0 bridgehead atoms. The Labute approximate surface area is 156 Å². The summed E-state index contributed by atoms with van der Waals surface area (Å²) in [6.07, 6.45) is 0. The summed E-state index contributed by atoms with van der Waals surface area (Å²) in [6.45, 7) is 3.13. The lowest BCUT2D eigenvalue weighted by molar-refractivity contribution is -0.113. The fourth-order valence-corrected chi connectivity index (χ4v) is 4.05. The number of thioether (sulfide) groups is 1. The summed E-state index contributed by atoms with van der Waals surface area (Å²) >= 11 is 5.16. The molecule has 1 aromatic heterocycles. The third-order valence-corrected chi connectivity index (χ3v) is 5.97. The van der Waals surface area contributed by atoms with Crippen molar-refractivity contribution in [2.24, 2.45) is 0 Å². The Hall–Kier alpha value is -0.910. The largest absolute Gasteiger partial charge is 0.378 e. The molecule has 1 saturated heterocycles. The number of benzene rings is 1. The quantitative estimate of drug-likeness (QED) is 0.545. The summed E-state index contributed by atoms with van der Waals surface area (Å²) in [4.78, 5) is 14.1. The zero-order valence-corrected chi connectivity index (χ0v) is 16.0. The van der Waals surface area contributed by atoms with E-state index in [0.29, 0.717) is 5.75 Å². The van der Waals surface area contributed by atoms with Crippen LogP contribution in [0.15, 0.2) is 28.6 Å². The molecule has 23 heavy (non-hydrogen) atoms. The van der Waals surface area contributed by atoms with E-state index in [0.717, 1.165) is 45.0 Å². The summed E-state index contributed by atoms with van der Waals surface area (Å²) in [5.41, 5.74) is 0.808. The van der Waals surface area contributed by atoms with Gasteiger partial charge >= 0.3 is 0 Å². The molecule has 0 spiro atoms. The van der Waals surface area contributed by atoms with Gasteiger partial charge in [-0.05, 0) is 46.9 Å². The maximum atomic E-state index is 12.0. The third-order valence-electron chi connectivity index (χ3n) is 3.13. The van der Waals surface area contributed by atoms with Crippen molar-refractivity contribution in [3.05, 3.63) is 27.8 Å². The molecule has 6 nitrogen and oxygen atoms in total. The van der Waals surface area contributed by atoms with Crippen LogP contribution in [0, 0.1) is 3.57 Å². The first-order chi connectivity index (χ1) is 11.2. The average molecular weight is 462 g/mol. The van der Waals surface area contributed by atoms with Crippen molar-refractivity contribution in [2.45, 2.75) is 4.34 Å². The minimum atomic E-state index is -0.0423. The first-order valence-corrected chi connectivity index (χ1v) is 9.93. The van der Waals surface area contributed by atoms with Crippen LogP contribution in [0.5, 0.6) is 0 Å². The lowest BCUT2D eigenvalue weighted by Crippen LogP contribution is -2.36.